The molecule has 0 aliphatic carbocycles. The van der Waals surface area contributed by atoms with E-state index in [1.54, 1.807) is 24.3 Å². The number of rotatable bonds is 4. The van der Waals surface area contributed by atoms with Gasteiger partial charge in [0.15, 0.2) is 0 Å². The normalized spacial score (nSPS) is 10.4. The molecule has 0 saturated carbocycles. The number of nitrogens with zero attached hydrogens (tertiary/aromatic N) is 1. The van der Waals surface area contributed by atoms with Gasteiger partial charge in [-0.2, -0.15) is 4.98 Å². The van der Waals surface area contributed by atoms with E-state index in [1.165, 1.54) is 6.26 Å². The molecule has 0 radical (unpaired) electrons. The monoisotopic (exact) mass is 221 g/mol. The average molecular weight is 221 g/mol. The molecular formula is C11H11NO4. The summed E-state index contributed by atoms with van der Waals surface area (Å²) >= 11 is 0. The maximum atomic E-state index is 9.08. The number of hydrogen-bond donors (Lipinski definition) is 2. The summed E-state index contributed by atoms with van der Waals surface area (Å²) in [5.74, 6) is 0.483. The quantitative estimate of drug-likeness (QED) is 0.817. The third-order valence-electron chi connectivity index (χ3n) is 2.03. The first kappa shape index (κ1) is 10.7. The number of ether oxygens (including phenoxy) is 1. The standard InChI is InChI=1S/C11H11NO4/c13-5-8-3-1-2-4-10(8)16-11-12-9(6-14)7-15-11/h1-4,7,13-14H,5-6H2. The Morgan fingerprint density at radius 1 is 1.19 bits per heavy atom. The molecule has 0 unspecified atom stereocenters. The minimum atomic E-state index is -0.200. The van der Waals surface area contributed by atoms with Crippen LogP contribution in [0.25, 0.3) is 0 Å². The van der Waals surface area contributed by atoms with Crippen LogP contribution in [0.4, 0.5) is 0 Å². The van der Waals surface area contributed by atoms with Crippen LogP contribution in [-0.2, 0) is 13.2 Å². The summed E-state index contributed by atoms with van der Waals surface area (Å²) in [5, 5.41) is 17.9. The SMILES string of the molecule is OCc1coc(Oc2ccccc2CO)n1. The van der Waals surface area contributed by atoms with Crippen LogP contribution in [-0.4, -0.2) is 15.2 Å². The van der Waals surface area contributed by atoms with Crippen molar-refractivity contribution in [2.45, 2.75) is 13.2 Å². The molecule has 1 heterocycles. The fraction of sp³-hybridized carbons (Fsp3) is 0.182. The number of oxazole rings is 1. The van der Waals surface area contributed by atoms with Crippen LogP contribution >= 0.6 is 0 Å². The van der Waals surface area contributed by atoms with Crippen LogP contribution in [0.1, 0.15) is 11.3 Å². The van der Waals surface area contributed by atoms with Gasteiger partial charge in [0.2, 0.25) is 0 Å². The number of hydrogen-bond acceptors (Lipinski definition) is 5. The number of aliphatic hydroxyl groups excluding tert-OH is 2. The molecule has 2 N–H and O–H groups in total. The summed E-state index contributed by atoms with van der Waals surface area (Å²) in [6.07, 6.45) is 1.36. The van der Waals surface area contributed by atoms with Crippen LogP contribution in [0.15, 0.2) is 34.9 Å². The Hall–Kier alpha value is -1.85. The van der Waals surface area contributed by atoms with Crippen LogP contribution in [0, 0.1) is 0 Å². The molecule has 0 saturated heterocycles. The molecular weight excluding hydrogens is 210 g/mol. The number of para-hydroxylation sites is 1. The van der Waals surface area contributed by atoms with Crippen molar-refractivity contribution in [2.24, 2.45) is 0 Å². The summed E-state index contributed by atoms with van der Waals surface area (Å²) in [4.78, 5) is 3.88. The van der Waals surface area contributed by atoms with Crippen molar-refractivity contribution in [1.29, 1.82) is 0 Å². The highest BCUT2D eigenvalue weighted by molar-refractivity contribution is 5.34. The predicted molar refractivity (Wildman–Crippen MR) is 54.9 cm³/mol. The van der Waals surface area contributed by atoms with E-state index in [-0.39, 0.29) is 19.3 Å². The van der Waals surface area contributed by atoms with Gasteiger partial charge in [0.1, 0.15) is 17.7 Å². The lowest BCUT2D eigenvalue weighted by Gasteiger charge is -2.04. The summed E-state index contributed by atoms with van der Waals surface area (Å²) in [6, 6.07) is 7.02. The van der Waals surface area contributed by atoms with Gasteiger partial charge in [-0.15, -0.1) is 0 Å². The van der Waals surface area contributed by atoms with Crippen LogP contribution in [0.3, 0.4) is 0 Å². The fourth-order valence-corrected chi connectivity index (χ4v) is 1.24. The maximum absolute atomic E-state index is 9.08. The van der Waals surface area contributed by atoms with Gasteiger partial charge in [-0.1, -0.05) is 18.2 Å². The van der Waals surface area contributed by atoms with Crippen molar-refractivity contribution < 1.29 is 19.4 Å². The van der Waals surface area contributed by atoms with E-state index in [1.807, 2.05) is 0 Å². The molecule has 1 aromatic carbocycles. The first-order valence-corrected chi connectivity index (χ1v) is 4.75. The zero-order valence-electron chi connectivity index (χ0n) is 8.46. The van der Waals surface area contributed by atoms with E-state index in [0.29, 0.717) is 17.0 Å². The Morgan fingerprint density at radius 3 is 2.69 bits per heavy atom. The second kappa shape index (κ2) is 4.78. The lowest BCUT2D eigenvalue weighted by atomic mass is 10.2. The molecule has 1 aromatic heterocycles. The van der Waals surface area contributed by atoms with Gasteiger partial charge in [-0.25, -0.2) is 0 Å². The van der Waals surface area contributed by atoms with Gasteiger partial charge in [0, 0.05) is 5.56 Å². The molecule has 5 heteroatoms. The average Bonchev–Trinajstić information content (AvgIpc) is 2.77. The van der Waals surface area contributed by atoms with Crippen molar-refractivity contribution in [2.75, 3.05) is 0 Å². The molecule has 2 aromatic rings. The number of aromatic nitrogens is 1. The molecule has 84 valence electrons. The van der Waals surface area contributed by atoms with Crippen molar-refractivity contribution in [3.8, 4) is 11.8 Å². The van der Waals surface area contributed by atoms with E-state index >= 15 is 0 Å². The molecule has 16 heavy (non-hydrogen) atoms. The van der Waals surface area contributed by atoms with Gasteiger partial charge < -0.3 is 19.4 Å². The molecule has 0 spiro atoms. The van der Waals surface area contributed by atoms with Crippen LogP contribution in [0.5, 0.6) is 11.8 Å². The van der Waals surface area contributed by atoms with Crippen molar-refractivity contribution >= 4 is 0 Å². The Bertz CT molecular complexity index is 467. The summed E-state index contributed by atoms with van der Waals surface area (Å²) < 4.78 is 10.3. The highest BCUT2D eigenvalue weighted by Gasteiger charge is 2.08. The zero-order valence-corrected chi connectivity index (χ0v) is 8.46. The molecule has 0 aliphatic rings. The Labute approximate surface area is 91.9 Å². The number of benzene rings is 1. The minimum Gasteiger partial charge on any atom is -0.417 e. The Balaban J connectivity index is 2.19. The largest absolute Gasteiger partial charge is 0.417 e. The van der Waals surface area contributed by atoms with Gasteiger partial charge in [0.05, 0.1) is 13.2 Å². The highest BCUT2D eigenvalue weighted by atomic mass is 16.6. The third-order valence-corrected chi connectivity index (χ3v) is 2.03. The van der Waals surface area contributed by atoms with Crippen LogP contribution < -0.4 is 4.74 Å². The second-order valence-electron chi connectivity index (χ2n) is 3.13. The third kappa shape index (κ3) is 2.21. The van der Waals surface area contributed by atoms with Crippen molar-refractivity contribution in [1.82, 2.24) is 4.98 Å². The minimum absolute atomic E-state index is 0.0462. The van der Waals surface area contributed by atoms with Crippen molar-refractivity contribution in [3.63, 3.8) is 0 Å². The van der Waals surface area contributed by atoms with Gasteiger partial charge in [-0.3, -0.25) is 0 Å². The van der Waals surface area contributed by atoms with Gasteiger partial charge in [0.25, 0.3) is 0 Å². The number of aliphatic hydroxyl groups is 2. The van der Waals surface area contributed by atoms with Gasteiger partial charge in [-0.05, 0) is 6.07 Å². The van der Waals surface area contributed by atoms with E-state index in [2.05, 4.69) is 4.98 Å². The molecule has 0 atom stereocenters. The second-order valence-corrected chi connectivity index (χ2v) is 3.13. The lowest BCUT2D eigenvalue weighted by Crippen LogP contribution is -1.91. The van der Waals surface area contributed by atoms with E-state index in [0.717, 1.165) is 0 Å². The molecule has 2 rings (SSSR count). The van der Waals surface area contributed by atoms with Crippen molar-refractivity contribution in [3.05, 3.63) is 41.8 Å². The van der Waals surface area contributed by atoms with E-state index in [4.69, 9.17) is 19.4 Å². The smallest absolute Gasteiger partial charge is 0.399 e. The maximum Gasteiger partial charge on any atom is 0.399 e. The first-order valence-electron chi connectivity index (χ1n) is 4.75. The molecule has 0 bridgehead atoms. The summed E-state index contributed by atoms with van der Waals surface area (Å²) in [6.45, 7) is -0.321. The Morgan fingerprint density at radius 2 is 2.00 bits per heavy atom. The molecule has 5 nitrogen and oxygen atoms in total. The fourth-order valence-electron chi connectivity index (χ4n) is 1.24. The molecule has 0 aliphatic heterocycles. The van der Waals surface area contributed by atoms with E-state index in [9.17, 15) is 0 Å². The zero-order chi connectivity index (χ0) is 11.4. The lowest BCUT2D eigenvalue weighted by molar-refractivity contribution is 0.269. The van der Waals surface area contributed by atoms with Crippen LogP contribution in [0.2, 0.25) is 0 Å². The highest BCUT2D eigenvalue weighted by Crippen LogP contribution is 2.24. The Kier molecular flexibility index (Phi) is 3.19. The summed E-state index contributed by atoms with van der Waals surface area (Å²) in [5.41, 5.74) is 1.04. The molecule has 0 amide bonds. The summed E-state index contributed by atoms with van der Waals surface area (Å²) in [7, 11) is 0. The topological polar surface area (TPSA) is 75.7 Å². The predicted octanol–water partition coefficient (Wildman–Crippen LogP) is 1.45. The molecule has 0 fully saturated rings. The first-order chi connectivity index (χ1) is 7.83. The van der Waals surface area contributed by atoms with Gasteiger partial charge >= 0.3 is 6.08 Å². The van der Waals surface area contributed by atoms with E-state index < -0.39 is 0 Å².